The van der Waals surface area contributed by atoms with Gasteiger partial charge in [0.2, 0.25) is 5.91 Å². The number of carbonyl (C=O) groups is 1. The third-order valence-corrected chi connectivity index (χ3v) is 5.63. The maximum absolute atomic E-state index is 13.2. The second-order valence-electron chi connectivity index (χ2n) is 8.52. The lowest BCUT2D eigenvalue weighted by atomic mass is 10.1. The summed E-state index contributed by atoms with van der Waals surface area (Å²) >= 11 is 0. The second-order valence-corrected chi connectivity index (χ2v) is 8.52. The summed E-state index contributed by atoms with van der Waals surface area (Å²) in [7, 11) is 0. The normalized spacial score (nSPS) is 11.5. The van der Waals surface area contributed by atoms with Gasteiger partial charge in [0.25, 0.3) is 0 Å². The quantitative estimate of drug-likeness (QED) is 0.353. The number of carbonyl (C=O) groups excluding carboxylic acids is 1. The molecule has 1 amide bonds. The summed E-state index contributed by atoms with van der Waals surface area (Å²) in [6.07, 6.45) is 5.58. The molecule has 4 heteroatoms. The van der Waals surface area contributed by atoms with Crippen molar-refractivity contribution in [3.05, 3.63) is 101 Å². The number of fused-ring (bicyclic) bond motifs is 1. The largest absolute Gasteiger partial charge is 0.332 e. The first-order chi connectivity index (χ1) is 15.4. The van der Waals surface area contributed by atoms with Crippen LogP contribution in [0.15, 0.2) is 79.0 Å². The Morgan fingerprint density at radius 1 is 1.00 bits per heavy atom. The standard InChI is InChI=1S/C28H29N3O/c1-20(2)31(19-23-8-6-5-7-9-23)27(32)15-14-25-28(24-12-10-21(3)11-13-24)29-26-18-22(4)16-17-30(25)26/h5-18,20H,19H2,1-4H3/b15-14+. The van der Waals surface area contributed by atoms with Crippen LogP contribution >= 0.6 is 0 Å². The molecule has 0 aliphatic heterocycles. The molecule has 162 valence electrons. The first-order valence-electron chi connectivity index (χ1n) is 11.0. The molecule has 4 rings (SSSR count). The van der Waals surface area contributed by atoms with E-state index in [1.165, 1.54) is 5.56 Å². The molecule has 0 fully saturated rings. The average molecular weight is 424 g/mol. The predicted molar refractivity (Wildman–Crippen MR) is 131 cm³/mol. The number of hydrogen-bond donors (Lipinski definition) is 0. The van der Waals surface area contributed by atoms with Gasteiger partial charge in [-0.2, -0.15) is 0 Å². The number of nitrogens with zero attached hydrogens (tertiary/aromatic N) is 3. The van der Waals surface area contributed by atoms with E-state index in [-0.39, 0.29) is 11.9 Å². The molecule has 2 heterocycles. The van der Waals surface area contributed by atoms with Crippen LogP contribution in [0.1, 0.15) is 36.2 Å². The highest BCUT2D eigenvalue weighted by atomic mass is 16.2. The molecule has 0 radical (unpaired) electrons. The molecule has 0 unspecified atom stereocenters. The number of rotatable bonds is 6. The molecule has 0 aliphatic rings. The Morgan fingerprint density at radius 2 is 1.72 bits per heavy atom. The van der Waals surface area contributed by atoms with Crippen LogP contribution in [-0.2, 0) is 11.3 Å². The van der Waals surface area contributed by atoms with Crippen molar-refractivity contribution in [1.29, 1.82) is 0 Å². The molecule has 4 aromatic rings. The zero-order valence-electron chi connectivity index (χ0n) is 19.1. The number of imidazole rings is 1. The zero-order chi connectivity index (χ0) is 22.7. The fraction of sp³-hybridized carbons (Fsp3) is 0.214. The Kier molecular flexibility index (Phi) is 6.22. The fourth-order valence-corrected chi connectivity index (χ4v) is 3.79. The third-order valence-electron chi connectivity index (χ3n) is 5.63. The Morgan fingerprint density at radius 3 is 2.41 bits per heavy atom. The Hall–Kier alpha value is -3.66. The van der Waals surface area contributed by atoms with Crippen LogP contribution < -0.4 is 0 Å². The molecule has 4 nitrogen and oxygen atoms in total. The van der Waals surface area contributed by atoms with Gasteiger partial charge in [-0.3, -0.25) is 9.20 Å². The molecule has 0 bridgehead atoms. The highest BCUT2D eigenvalue weighted by molar-refractivity contribution is 5.93. The van der Waals surface area contributed by atoms with E-state index in [9.17, 15) is 4.79 Å². The van der Waals surface area contributed by atoms with Crippen molar-refractivity contribution in [2.45, 2.75) is 40.3 Å². The topological polar surface area (TPSA) is 37.6 Å². The second kappa shape index (κ2) is 9.23. The maximum atomic E-state index is 13.2. The van der Waals surface area contributed by atoms with Crippen LogP contribution in [0.5, 0.6) is 0 Å². The number of benzene rings is 2. The van der Waals surface area contributed by atoms with Gasteiger partial charge in [-0.25, -0.2) is 4.98 Å². The van der Waals surface area contributed by atoms with Crippen molar-refractivity contribution in [3.63, 3.8) is 0 Å². The van der Waals surface area contributed by atoms with Gasteiger partial charge < -0.3 is 4.90 Å². The molecular formula is C28H29N3O. The third kappa shape index (κ3) is 4.65. The summed E-state index contributed by atoms with van der Waals surface area (Å²) in [4.78, 5) is 19.9. The number of amides is 1. The van der Waals surface area contributed by atoms with E-state index in [2.05, 4.69) is 62.4 Å². The van der Waals surface area contributed by atoms with Gasteiger partial charge in [-0.1, -0.05) is 60.2 Å². The highest BCUT2D eigenvalue weighted by Crippen LogP contribution is 2.26. The van der Waals surface area contributed by atoms with Crippen LogP contribution in [0.4, 0.5) is 0 Å². The smallest absolute Gasteiger partial charge is 0.247 e. The average Bonchev–Trinajstić information content (AvgIpc) is 3.14. The molecule has 32 heavy (non-hydrogen) atoms. The van der Waals surface area contributed by atoms with Crippen LogP contribution in [0, 0.1) is 13.8 Å². The number of aromatic nitrogens is 2. The summed E-state index contributed by atoms with van der Waals surface area (Å²) in [5.74, 6) is -0.0132. The Labute approximate surface area is 189 Å². The van der Waals surface area contributed by atoms with E-state index in [0.717, 1.165) is 33.7 Å². The van der Waals surface area contributed by atoms with Crippen molar-refractivity contribution in [1.82, 2.24) is 14.3 Å². The number of pyridine rings is 1. The molecule has 0 N–H and O–H groups in total. The Balaban J connectivity index is 1.71. The lowest BCUT2D eigenvalue weighted by Gasteiger charge is -2.25. The number of aryl methyl sites for hydroxylation is 2. The molecule has 0 aliphatic carbocycles. The lowest BCUT2D eigenvalue weighted by Crippen LogP contribution is -2.35. The van der Waals surface area contributed by atoms with E-state index in [1.54, 1.807) is 6.08 Å². The van der Waals surface area contributed by atoms with E-state index in [0.29, 0.717) is 6.54 Å². The molecule has 0 saturated heterocycles. The van der Waals surface area contributed by atoms with Crippen molar-refractivity contribution in [2.75, 3.05) is 0 Å². The van der Waals surface area contributed by atoms with Crippen molar-refractivity contribution in [3.8, 4) is 11.3 Å². The molecule has 0 spiro atoms. The summed E-state index contributed by atoms with van der Waals surface area (Å²) in [6.45, 7) is 8.80. The summed E-state index contributed by atoms with van der Waals surface area (Å²) < 4.78 is 2.04. The van der Waals surface area contributed by atoms with Crippen LogP contribution in [-0.4, -0.2) is 26.2 Å². The molecular weight excluding hydrogens is 394 g/mol. The van der Waals surface area contributed by atoms with Crippen molar-refractivity contribution < 1.29 is 4.79 Å². The minimum absolute atomic E-state index is 0.0132. The fourth-order valence-electron chi connectivity index (χ4n) is 3.79. The predicted octanol–water partition coefficient (Wildman–Crippen LogP) is 6.07. The van der Waals surface area contributed by atoms with Gasteiger partial charge in [-0.05, 0) is 57.0 Å². The summed E-state index contributed by atoms with van der Waals surface area (Å²) in [5.41, 5.74) is 7.16. The van der Waals surface area contributed by atoms with Gasteiger partial charge in [-0.15, -0.1) is 0 Å². The van der Waals surface area contributed by atoms with E-state index in [4.69, 9.17) is 4.98 Å². The molecule has 0 saturated carbocycles. The summed E-state index contributed by atoms with van der Waals surface area (Å²) in [5, 5.41) is 0. The van der Waals surface area contributed by atoms with E-state index < -0.39 is 0 Å². The zero-order valence-corrected chi connectivity index (χ0v) is 19.1. The lowest BCUT2D eigenvalue weighted by molar-refractivity contribution is -0.128. The monoisotopic (exact) mass is 423 g/mol. The van der Waals surface area contributed by atoms with E-state index in [1.807, 2.05) is 53.6 Å². The molecule has 0 atom stereocenters. The Bertz CT molecular complexity index is 1250. The van der Waals surface area contributed by atoms with Crippen LogP contribution in [0.3, 0.4) is 0 Å². The van der Waals surface area contributed by atoms with Crippen LogP contribution in [0.2, 0.25) is 0 Å². The summed E-state index contributed by atoms with van der Waals surface area (Å²) in [6, 6.07) is 22.6. The van der Waals surface area contributed by atoms with Gasteiger partial charge in [0.15, 0.2) is 0 Å². The first kappa shape index (κ1) is 21.6. The first-order valence-corrected chi connectivity index (χ1v) is 11.0. The molecule has 2 aromatic carbocycles. The van der Waals surface area contributed by atoms with E-state index >= 15 is 0 Å². The van der Waals surface area contributed by atoms with Crippen molar-refractivity contribution >= 4 is 17.6 Å². The van der Waals surface area contributed by atoms with Gasteiger partial charge in [0.1, 0.15) is 5.65 Å². The SMILES string of the molecule is Cc1ccc(-c2nc3cc(C)ccn3c2/C=C/C(=O)N(Cc2ccccc2)C(C)C)cc1. The highest BCUT2D eigenvalue weighted by Gasteiger charge is 2.17. The number of hydrogen-bond acceptors (Lipinski definition) is 2. The maximum Gasteiger partial charge on any atom is 0.247 e. The van der Waals surface area contributed by atoms with Gasteiger partial charge >= 0.3 is 0 Å². The van der Waals surface area contributed by atoms with Gasteiger partial charge in [0, 0.05) is 30.4 Å². The van der Waals surface area contributed by atoms with Crippen molar-refractivity contribution in [2.24, 2.45) is 0 Å². The van der Waals surface area contributed by atoms with Crippen LogP contribution in [0.25, 0.3) is 23.0 Å². The molecule has 2 aromatic heterocycles. The minimum Gasteiger partial charge on any atom is -0.332 e. The van der Waals surface area contributed by atoms with Gasteiger partial charge in [0.05, 0.1) is 11.4 Å². The minimum atomic E-state index is -0.0132.